The van der Waals surface area contributed by atoms with Gasteiger partial charge in [-0.05, 0) is 12.8 Å². The quantitative estimate of drug-likeness (QED) is 0.751. The number of hydrogen-bond donors (Lipinski definition) is 1. The number of aromatic nitrogens is 2. The zero-order chi connectivity index (χ0) is 10.8. The van der Waals surface area contributed by atoms with E-state index in [4.69, 9.17) is 10.4 Å². The number of carbonyl (C=O) groups is 1. The van der Waals surface area contributed by atoms with Crippen molar-refractivity contribution in [3.8, 4) is 6.07 Å². The molecule has 0 saturated heterocycles. The van der Waals surface area contributed by atoms with E-state index in [0.717, 1.165) is 18.5 Å². The van der Waals surface area contributed by atoms with Crippen molar-refractivity contribution in [3.05, 3.63) is 17.0 Å². The first kappa shape index (κ1) is 9.87. The van der Waals surface area contributed by atoms with Crippen LogP contribution in [0.15, 0.2) is 0 Å². The van der Waals surface area contributed by atoms with Gasteiger partial charge in [-0.2, -0.15) is 10.4 Å². The van der Waals surface area contributed by atoms with E-state index in [9.17, 15) is 4.79 Å². The molecule has 1 aromatic rings. The van der Waals surface area contributed by atoms with Gasteiger partial charge in [-0.15, -0.1) is 0 Å². The first-order valence-corrected chi connectivity index (χ1v) is 4.91. The number of fused-ring (bicyclic) bond motifs is 1. The highest BCUT2D eigenvalue weighted by Crippen LogP contribution is 2.23. The molecule has 5 nitrogen and oxygen atoms in total. The smallest absolute Gasteiger partial charge is 0.173 e. The highest BCUT2D eigenvalue weighted by Gasteiger charge is 2.26. The second-order valence-corrected chi connectivity index (χ2v) is 3.51. The zero-order valence-electron chi connectivity index (χ0n) is 8.23. The standard InChI is InChI=1S/C10H11N3O2/c11-6-7-10-8(2-1-3-9(10)15)13(12-7)4-5-14/h14H,1-5H2. The van der Waals surface area contributed by atoms with Gasteiger partial charge >= 0.3 is 0 Å². The normalized spacial score (nSPS) is 14.8. The van der Waals surface area contributed by atoms with Crippen LogP contribution in [-0.2, 0) is 13.0 Å². The van der Waals surface area contributed by atoms with Gasteiger partial charge in [0, 0.05) is 6.42 Å². The van der Waals surface area contributed by atoms with Gasteiger partial charge in [-0.1, -0.05) is 0 Å². The average Bonchev–Trinajstić information content (AvgIpc) is 2.59. The molecule has 0 aliphatic heterocycles. The van der Waals surface area contributed by atoms with E-state index in [1.807, 2.05) is 6.07 Å². The molecule has 1 aliphatic rings. The van der Waals surface area contributed by atoms with E-state index in [0.29, 0.717) is 18.5 Å². The number of nitrogens with zero attached hydrogens (tertiary/aromatic N) is 3. The van der Waals surface area contributed by atoms with Crippen LogP contribution < -0.4 is 0 Å². The van der Waals surface area contributed by atoms with Gasteiger partial charge in [-0.25, -0.2) is 0 Å². The molecule has 1 N–H and O–H groups in total. The maximum atomic E-state index is 11.6. The summed E-state index contributed by atoms with van der Waals surface area (Å²) < 4.78 is 1.57. The molecule has 0 amide bonds. The van der Waals surface area contributed by atoms with Gasteiger partial charge in [0.15, 0.2) is 11.5 Å². The Morgan fingerprint density at radius 1 is 1.53 bits per heavy atom. The van der Waals surface area contributed by atoms with Gasteiger partial charge in [0.25, 0.3) is 0 Å². The predicted molar refractivity (Wildman–Crippen MR) is 51.3 cm³/mol. The number of aliphatic hydroxyl groups excluding tert-OH is 1. The van der Waals surface area contributed by atoms with Crippen LogP contribution in [0.1, 0.15) is 34.6 Å². The second-order valence-electron chi connectivity index (χ2n) is 3.51. The summed E-state index contributed by atoms with van der Waals surface area (Å²) in [4.78, 5) is 11.6. The van der Waals surface area contributed by atoms with Crippen molar-refractivity contribution in [2.75, 3.05) is 6.61 Å². The summed E-state index contributed by atoms with van der Waals surface area (Å²) in [5.41, 5.74) is 1.47. The van der Waals surface area contributed by atoms with E-state index in [1.165, 1.54) is 0 Å². The van der Waals surface area contributed by atoms with Crippen molar-refractivity contribution >= 4 is 5.78 Å². The topological polar surface area (TPSA) is 78.9 Å². The van der Waals surface area contributed by atoms with Crippen molar-refractivity contribution in [3.63, 3.8) is 0 Å². The summed E-state index contributed by atoms with van der Waals surface area (Å²) in [6.45, 7) is 0.310. The molecule has 1 aliphatic carbocycles. The minimum absolute atomic E-state index is 0.00279. The second kappa shape index (κ2) is 3.83. The third-order valence-corrected chi connectivity index (χ3v) is 2.57. The van der Waals surface area contributed by atoms with Gasteiger partial charge in [-0.3, -0.25) is 9.48 Å². The zero-order valence-corrected chi connectivity index (χ0v) is 8.23. The molecule has 15 heavy (non-hydrogen) atoms. The molecule has 0 atom stereocenters. The van der Waals surface area contributed by atoms with Crippen LogP contribution in [0.4, 0.5) is 0 Å². The molecule has 0 bridgehead atoms. The minimum Gasteiger partial charge on any atom is -0.394 e. The molecule has 0 spiro atoms. The Morgan fingerprint density at radius 2 is 2.33 bits per heavy atom. The fourth-order valence-corrected chi connectivity index (χ4v) is 1.94. The summed E-state index contributed by atoms with van der Waals surface area (Å²) >= 11 is 0. The summed E-state index contributed by atoms with van der Waals surface area (Å²) in [5, 5.41) is 21.7. The maximum absolute atomic E-state index is 11.6. The third-order valence-electron chi connectivity index (χ3n) is 2.57. The Morgan fingerprint density at radius 3 is 3.00 bits per heavy atom. The number of hydrogen-bond acceptors (Lipinski definition) is 4. The largest absolute Gasteiger partial charge is 0.394 e. The van der Waals surface area contributed by atoms with Crippen LogP contribution in [0.5, 0.6) is 0 Å². The molecule has 0 radical (unpaired) electrons. The van der Waals surface area contributed by atoms with E-state index >= 15 is 0 Å². The fraction of sp³-hybridized carbons (Fsp3) is 0.500. The van der Waals surface area contributed by atoms with Gasteiger partial charge in [0.1, 0.15) is 6.07 Å². The van der Waals surface area contributed by atoms with Crippen molar-refractivity contribution in [2.24, 2.45) is 0 Å². The van der Waals surface area contributed by atoms with Gasteiger partial charge < -0.3 is 5.11 Å². The molecule has 5 heteroatoms. The number of Topliss-reactive ketones (excluding diaryl/α,β-unsaturated/α-hetero) is 1. The lowest BCUT2D eigenvalue weighted by Gasteiger charge is -2.12. The lowest BCUT2D eigenvalue weighted by atomic mass is 9.94. The minimum atomic E-state index is -0.0345. The van der Waals surface area contributed by atoms with Gasteiger partial charge in [0.05, 0.1) is 24.4 Å². The molecule has 78 valence electrons. The van der Waals surface area contributed by atoms with Crippen LogP contribution >= 0.6 is 0 Å². The molecule has 0 saturated carbocycles. The maximum Gasteiger partial charge on any atom is 0.173 e. The first-order chi connectivity index (χ1) is 7.27. The van der Waals surface area contributed by atoms with Crippen LogP contribution in [-0.4, -0.2) is 27.3 Å². The average molecular weight is 205 g/mol. The molecule has 1 heterocycles. The molecule has 0 fully saturated rings. The Kier molecular flexibility index (Phi) is 2.52. The van der Waals surface area contributed by atoms with E-state index in [1.54, 1.807) is 4.68 Å². The molecular formula is C10H11N3O2. The van der Waals surface area contributed by atoms with Crippen LogP contribution in [0.3, 0.4) is 0 Å². The van der Waals surface area contributed by atoms with Crippen molar-refractivity contribution in [2.45, 2.75) is 25.8 Å². The Balaban J connectivity index is 2.53. The molecule has 0 aromatic carbocycles. The van der Waals surface area contributed by atoms with Crippen molar-refractivity contribution in [1.82, 2.24) is 9.78 Å². The Bertz CT molecular complexity index is 442. The fourth-order valence-electron chi connectivity index (χ4n) is 1.94. The number of rotatable bonds is 2. The summed E-state index contributed by atoms with van der Waals surface area (Å²) in [6.07, 6.45) is 2.05. The van der Waals surface area contributed by atoms with E-state index in [2.05, 4.69) is 5.10 Å². The predicted octanol–water partition coefficient (Wildman–Crippen LogP) is 0.266. The number of nitriles is 1. The number of carbonyl (C=O) groups excluding carboxylic acids is 1. The Labute approximate surface area is 86.9 Å². The molecule has 1 aromatic heterocycles. The summed E-state index contributed by atoms with van der Waals surface area (Å²) in [7, 11) is 0. The van der Waals surface area contributed by atoms with Crippen molar-refractivity contribution in [1.29, 1.82) is 5.26 Å². The van der Waals surface area contributed by atoms with Crippen molar-refractivity contribution < 1.29 is 9.90 Å². The van der Waals surface area contributed by atoms with E-state index in [-0.39, 0.29) is 18.1 Å². The first-order valence-electron chi connectivity index (χ1n) is 4.91. The Hall–Kier alpha value is -1.67. The third kappa shape index (κ3) is 1.53. The van der Waals surface area contributed by atoms with Gasteiger partial charge in [0.2, 0.25) is 0 Å². The summed E-state index contributed by atoms with van der Waals surface area (Å²) in [5.74, 6) is -0.00279. The van der Waals surface area contributed by atoms with Crippen LogP contribution in [0.25, 0.3) is 0 Å². The highest BCUT2D eigenvalue weighted by atomic mass is 16.3. The molecular weight excluding hydrogens is 194 g/mol. The summed E-state index contributed by atoms with van der Waals surface area (Å²) in [6, 6.07) is 1.93. The molecule has 2 rings (SSSR count). The SMILES string of the molecule is N#Cc1nn(CCO)c2c1C(=O)CCC2. The van der Waals surface area contributed by atoms with Crippen LogP contribution in [0.2, 0.25) is 0 Å². The number of aliphatic hydroxyl groups is 1. The lowest BCUT2D eigenvalue weighted by Crippen LogP contribution is -2.15. The lowest BCUT2D eigenvalue weighted by molar-refractivity contribution is 0.0971. The van der Waals surface area contributed by atoms with Crippen LogP contribution in [0, 0.1) is 11.3 Å². The van der Waals surface area contributed by atoms with E-state index < -0.39 is 0 Å². The molecule has 0 unspecified atom stereocenters. The number of ketones is 1. The highest BCUT2D eigenvalue weighted by molar-refractivity contribution is 5.99. The monoisotopic (exact) mass is 205 g/mol.